The van der Waals surface area contributed by atoms with Crippen molar-refractivity contribution in [3.05, 3.63) is 95.6 Å². The second-order valence-electron chi connectivity index (χ2n) is 10.5. The van der Waals surface area contributed by atoms with Crippen LogP contribution in [0.1, 0.15) is 62.0 Å². The smallest absolute Gasteiger partial charge is 0.343 e. The molecule has 0 fully saturated rings. The maximum Gasteiger partial charge on any atom is 0.343 e. The Morgan fingerprint density at radius 1 is 0.878 bits per heavy atom. The van der Waals surface area contributed by atoms with E-state index in [0.29, 0.717) is 28.9 Å². The molecule has 0 aromatic heterocycles. The van der Waals surface area contributed by atoms with Crippen LogP contribution in [0.5, 0.6) is 0 Å². The van der Waals surface area contributed by atoms with E-state index in [0.717, 1.165) is 17.9 Å². The van der Waals surface area contributed by atoms with E-state index >= 15 is 0 Å². The zero-order chi connectivity index (χ0) is 29.6. The van der Waals surface area contributed by atoms with E-state index in [1.807, 2.05) is 6.92 Å². The highest BCUT2D eigenvalue weighted by Crippen LogP contribution is 2.43. The number of nitrogens with one attached hydrogen (secondary N) is 2. The number of hydroxylamine groups is 1. The molecule has 1 aliphatic heterocycles. The Labute approximate surface area is 239 Å². The third-order valence-electron chi connectivity index (χ3n) is 6.21. The minimum atomic E-state index is -0.913. The van der Waals surface area contributed by atoms with Crippen LogP contribution < -0.4 is 15.7 Å². The highest BCUT2D eigenvalue weighted by atomic mass is 16.7. The second-order valence-corrected chi connectivity index (χ2v) is 10.5. The Balaban J connectivity index is 1.82. The van der Waals surface area contributed by atoms with E-state index in [9.17, 15) is 19.2 Å². The van der Waals surface area contributed by atoms with Crippen LogP contribution in [0.2, 0.25) is 0 Å². The quantitative estimate of drug-likeness (QED) is 0.148. The van der Waals surface area contributed by atoms with E-state index in [2.05, 4.69) is 10.6 Å². The minimum Gasteiger partial charge on any atom is -0.421 e. The molecule has 0 unspecified atom stereocenters. The van der Waals surface area contributed by atoms with Gasteiger partial charge in [-0.25, -0.2) is 14.4 Å². The van der Waals surface area contributed by atoms with Crippen molar-refractivity contribution < 1.29 is 28.8 Å². The molecule has 0 saturated heterocycles. The first-order valence-electron chi connectivity index (χ1n) is 13.4. The number of unbranched alkanes of at least 4 members (excludes halogenated alkanes) is 1. The highest BCUT2D eigenvalue weighted by molar-refractivity contribution is 6.37. The SMILES string of the molecule is CCCCNC(=O)Nc1ccc2c(c1)N(OC(=O)C(C)(C)C)C(=O)/C2=C(\OC(=O)c1ccccc1)c1ccccc1. The second kappa shape index (κ2) is 12.5. The minimum absolute atomic E-state index is 0.0121. The van der Waals surface area contributed by atoms with Gasteiger partial charge in [0.15, 0.2) is 5.76 Å². The van der Waals surface area contributed by atoms with Gasteiger partial charge in [-0.15, -0.1) is 5.06 Å². The predicted molar refractivity (Wildman–Crippen MR) is 157 cm³/mol. The van der Waals surface area contributed by atoms with Crippen molar-refractivity contribution in [1.29, 1.82) is 0 Å². The average Bonchev–Trinajstić information content (AvgIpc) is 3.22. The van der Waals surface area contributed by atoms with Gasteiger partial charge in [-0.05, 0) is 57.5 Å². The molecular weight excluding hydrogens is 522 g/mol. The van der Waals surface area contributed by atoms with Crippen LogP contribution in [-0.4, -0.2) is 30.4 Å². The van der Waals surface area contributed by atoms with E-state index < -0.39 is 29.3 Å². The summed E-state index contributed by atoms with van der Waals surface area (Å²) in [7, 11) is 0. The van der Waals surface area contributed by atoms with Crippen molar-refractivity contribution >= 4 is 46.6 Å². The van der Waals surface area contributed by atoms with Gasteiger partial charge in [0, 0.05) is 23.4 Å². The number of carbonyl (C=O) groups is 4. The summed E-state index contributed by atoms with van der Waals surface area (Å²) in [6.45, 7) is 7.55. The molecule has 3 aromatic rings. The first-order chi connectivity index (χ1) is 19.6. The summed E-state index contributed by atoms with van der Waals surface area (Å²) in [5.41, 5.74) is 0.877. The third-order valence-corrected chi connectivity index (χ3v) is 6.21. The highest BCUT2D eigenvalue weighted by Gasteiger charge is 2.41. The number of amides is 3. The van der Waals surface area contributed by atoms with Gasteiger partial charge < -0.3 is 20.2 Å². The standard InChI is InChI=1S/C32H33N3O6/c1-5-6-19-33-31(39)34-23-17-18-24-25(20-23)35(41-30(38)32(2,3)4)28(36)26(24)27(21-13-9-7-10-14-21)40-29(37)22-15-11-8-12-16-22/h7-18,20H,5-6,19H2,1-4H3,(H2,33,34,39)/b27-26-. The molecule has 0 spiro atoms. The number of nitrogens with zero attached hydrogens (tertiary/aromatic N) is 1. The Morgan fingerprint density at radius 3 is 2.12 bits per heavy atom. The summed E-state index contributed by atoms with van der Waals surface area (Å²) < 4.78 is 5.88. The van der Waals surface area contributed by atoms with Crippen molar-refractivity contribution in [3.8, 4) is 0 Å². The van der Waals surface area contributed by atoms with Crippen LogP contribution in [0.4, 0.5) is 16.2 Å². The van der Waals surface area contributed by atoms with Crippen molar-refractivity contribution in [2.24, 2.45) is 5.41 Å². The number of benzene rings is 3. The lowest BCUT2D eigenvalue weighted by Gasteiger charge is -2.22. The molecule has 0 atom stereocenters. The Bertz CT molecular complexity index is 1480. The van der Waals surface area contributed by atoms with E-state index in [4.69, 9.17) is 9.57 Å². The van der Waals surface area contributed by atoms with Gasteiger partial charge in [-0.2, -0.15) is 0 Å². The fraction of sp³-hybridized carbons (Fsp3) is 0.250. The number of fused-ring (bicyclic) bond motifs is 1. The lowest BCUT2D eigenvalue weighted by Crippen LogP contribution is -2.35. The average molecular weight is 556 g/mol. The molecule has 212 valence electrons. The zero-order valence-electron chi connectivity index (χ0n) is 23.5. The van der Waals surface area contributed by atoms with Crippen molar-refractivity contribution in [1.82, 2.24) is 5.32 Å². The summed E-state index contributed by atoms with van der Waals surface area (Å²) in [6.07, 6.45) is 1.77. The number of carbonyl (C=O) groups excluding carboxylic acids is 4. The number of ether oxygens (including phenoxy) is 1. The molecule has 4 rings (SSSR count). The Hall–Kier alpha value is -4.92. The Morgan fingerprint density at radius 2 is 1.51 bits per heavy atom. The molecule has 0 aliphatic carbocycles. The van der Waals surface area contributed by atoms with Crippen LogP contribution in [-0.2, 0) is 19.2 Å². The number of rotatable bonds is 8. The van der Waals surface area contributed by atoms with Gasteiger partial charge in [0.25, 0.3) is 5.91 Å². The fourth-order valence-electron chi connectivity index (χ4n) is 3.97. The maximum atomic E-state index is 14.0. The molecule has 9 heteroatoms. The van der Waals surface area contributed by atoms with Crippen LogP contribution in [0.25, 0.3) is 11.3 Å². The normalized spacial score (nSPS) is 13.8. The van der Waals surface area contributed by atoms with Crippen LogP contribution >= 0.6 is 0 Å². The number of anilines is 2. The maximum absolute atomic E-state index is 14.0. The van der Waals surface area contributed by atoms with Gasteiger partial charge in [0.05, 0.1) is 22.2 Å². The Kier molecular flexibility index (Phi) is 8.87. The largest absolute Gasteiger partial charge is 0.421 e. The van der Waals surface area contributed by atoms with E-state index in [-0.39, 0.29) is 17.0 Å². The van der Waals surface area contributed by atoms with E-state index in [1.54, 1.807) is 93.6 Å². The molecule has 0 bridgehead atoms. The molecule has 9 nitrogen and oxygen atoms in total. The molecule has 0 saturated carbocycles. The summed E-state index contributed by atoms with van der Waals surface area (Å²) in [5.74, 6) is -1.98. The van der Waals surface area contributed by atoms with Crippen LogP contribution in [0, 0.1) is 5.41 Å². The summed E-state index contributed by atoms with van der Waals surface area (Å²) in [5, 5.41) is 6.41. The van der Waals surface area contributed by atoms with Crippen LogP contribution in [0.15, 0.2) is 78.9 Å². The van der Waals surface area contributed by atoms with Crippen molar-refractivity contribution in [3.63, 3.8) is 0 Å². The summed E-state index contributed by atoms with van der Waals surface area (Å²) in [6, 6.07) is 21.6. The lowest BCUT2D eigenvalue weighted by molar-refractivity contribution is -0.157. The van der Waals surface area contributed by atoms with Gasteiger partial charge in [-0.1, -0.05) is 61.9 Å². The fourth-order valence-corrected chi connectivity index (χ4v) is 3.97. The molecule has 3 aromatic carbocycles. The van der Waals surface area contributed by atoms with Crippen LogP contribution in [0.3, 0.4) is 0 Å². The van der Waals surface area contributed by atoms with Crippen molar-refractivity contribution in [2.45, 2.75) is 40.5 Å². The van der Waals surface area contributed by atoms with Crippen molar-refractivity contribution in [2.75, 3.05) is 16.9 Å². The number of hydrogen-bond donors (Lipinski definition) is 2. The number of esters is 1. The number of urea groups is 1. The third kappa shape index (κ3) is 6.81. The lowest BCUT2D eigenvalue weighted by atomic mass is 9.98. The topological polar surface area (TPSA) is 114 Å². The first-order valence-corrected chi connectivity index (χ1v) is 13.4. The molecule has 2 N–H and O–H groups in total. The molecule has 0 radical (unpaired) electrons. The monoisotopic (exact) mass is 555 g/mol. The first kappa shape index (κ1) is 29.1. The van der Waals surface area contributed by atoms with Gasteiger partial charge in [0.2, 0.25) is 0 Å². The summed E-state index contributed by atoms with van der Waals surface area (Å²) in [4.78, 5) is 58.0. The molecule has 1 aliphatic rings. The zero-order valence-corrected chi connectivity index (χ0v) is 23.5. The molecule has 41 heavy (non-hydrogen) atoms. The summed E-state index contributed by atoms with van der Waals surface area (Å²) >= 11 is 0. The van der Waals surface area contributed by atoms with Gasteiger partial charge in [-0.3, -0.25) is 4.79 Å². The van der Waals surface area contributed by atoms with Gasteiger partial charge >= 0.3 is 18.0 Å². The van der Waals surface area contributed by atoms with Gasteiger partial charge in [0.1, 0.15) is 0 Å². The molecule has 3 amide bonds. The molecule has 1 heterocycles. The van der Waals surface area contributed by atoms with E-state index in [1.165, 1.54) is 6.07 Å². The predicted octanol–water partition coefficient (Wildman–Crippen LogP) is 6.18. The number of hydrogen-bond acceptors (Lipinski definition) is 6. The molecular formula is C32H33N3O6.